The van der Waals surface area contributed by atoms with Gasteiger partial charge in [-0.25, -0.2) is 4.98 Å². The summed E-state index contributed by atoms with van der Waals surface area (Å²) in [5, 5.41) is 8.99. The highest BCUT2D eigenvalue weighted by molar-refractivity contribution is 5.34. The van der Waals surface area contributed by atoms with Crippen LogP contribution in [0.25, 0.3) is 0 Å². The lowest BCUT2D eigenvalue weighted by Gasteiger charge is -2.21. The van der Waals surface area contributed by atoms with Crippen molar-refractivity contribution in [1.82, 2.24) is 9.97 Å². The van der Waals surface area contributed by atoms with Crippen molar-refractivity contribution >= 4 is 5.95 Å². The Morgan fingerprint density at radius 2 is 2.12 bits per heavy atom. The van der Waals surface area contributed by atoms with Crippen LogP contribution < -0.4 is 9.64 Å². The molecule has 0 saturated carbocycles. The molecule has 1 heterocycles. The maximum absolute atomic E-state index is 8.99. The van der Waals surface area contributed by atoms with Gasteiger partial charge in [0.25, 0.3) is 0 Å². The van der Waals surface area contributed by atoms with Gasteiger partial charge in [-0.2, -0.15) is 4.98 Å². The van der Waals surface area contributed by atoms with Crippen LogP contribution in [0.1, 0.15) is 19.0 Å². The van der Waals surface area contributed by atoms with Gasteiger partial charge in [-0.3, -0.25) is 0 Å². The van der Waals surface area contributed by atoms with Gasteiger partial charge in [0, 0.05) is 24.8 Å². The number of aliphatic hydroxyl groups is 1. The molecule has 0 bridgehead atoms. The molecule has 1 aromatic rings. The molecule has 0 atom stereocenters. The van der Waals surface area contributed by atoms with Crippen molar-refractivity contribution in [3.8, 4) is 5.88 Å². The Kier molecular flexibility index (Phi) is 4.98. The van der Waals surface area contributed by atoms with E-state index in [2.05, 4.69) is 16.9 Å². The Bertz CT molecular complexity index is 325. The van der Waals surface area contributed by atoms with Crippen molar-refractivity contribution in [2.45, 2.75) is 20.3 Å². The van der Waals surface area contributed by atoms with E-state index in [4.69, 9.17) is 9.84 Å². The van der Waals surface area contributed by atoms with Gasteiger partial charge in [0.05, 0.1) is 13.7 Å². The van der Waals surface area contributed by atoms with Crippen molar-refractivity contribution in [3.05, 3.63) is 11.8 Å². The Morgan fingerprint density at radius 3 is 2.69 bits per heavy atom. The van der Waals surface area contributed by atoms with Gasteiger partial charge in [0.1, 0.15) is 0 Å². The second kappa shape index (κ2) is 6.27. The molecule has 0 aliphatic heterocycles. The minimum Gasteiger partial charge on any atom is -0.481 e. The van der Waals surface area contributed by atoms with E-state index in [1.165, 1.54) is 0 Å². The van der Waals surface area contributed by atoms with Gasteiger partial charge in [-0.05, 0) is 13.3 Å². The SMILES string of the molecule is CCCN(CCO)c1nc(C)cc(OC)n1. The summed E-state index contributed by atoms with van der Waals surface area (Å²) in [6, 6.07) is 1.78. The van der Waals surface area contributed by atoms with Gasteiger partial charge in [0.15, 0.2) is 0 Å². The van der Waals surface area contributed by atoms with Crippen molar-refractivity contribution in [2.24, 2.45) is 0 Å². The molecule has 5 nitrogen and oxygen atoms in total. The molecule has 0 amide bonds. The van der Waals surface area contributed by atoms with E-state index in [0.717, 1.165) is 18.7 Å². The topological polar surface area (TPSA) is 58.5 Å². The molecule has 1 N–H and O–H groups in total. The van der Waals surface area contributed by atoms with Crippen LogP contribution in [0.5, 0.6) is 5.88 Å². The highest BCUT2D eigenvalue weighted by atomic mass is 16.5. The van der Waals surface area contributed by atoms with Crippen molar-refractivity contribution in [2.75, 3.05) is 31.7 Å². The summed E-state index contributed by atoms with van der Waals surface area (Å²) in [6.45, 7) is 5.45. The van der Waals surface area contributed by atoms with Gasteiger partial charge in [-0.15, -0.1) is 0 Å². The van der Waals surface area contributed by atoms with E-state index >= 15 is 0 Å². The van der Waals surface area contributed by atoms with Gasteiger partial charge < -0.3 is 14.7 Å². The van der Waals surface area contributed by atoms with E-state index in [1.807, 2.05) is 11.8 Å². The Hall–Kier alpha value is -1.36. The van der Waals surface area contributed by atoms with Gasteiger partial charge in [0.2, 0.25) is 11.8 Å². The Morgan fingerprint density at radius 1 is 1.38 bits per heavy atom. The Balaban J connectivity index is 2.93. The van der Waals surface area contributed by atoms with Crippen molar-refractivity contribution < 1.29 is 9.84 Å². The van der Waals surface area contributed by atoms with Crippen LogP contribution in [0.2, 0.25) is 0 Å². The second-order valence-electron chi connectivity index (χ2n) is 3.56. The summed E-state index contributed by atoms with van der Waals surface area (Å²) < 4.78 is 5.10. The predicted octanol–water partition coefficient (Wildman–Crippen LogP) is 1.00. The zero-order valence-corrected chi connectivity index (χ0v) is 10.1. The molecule has 90 valence electrons. The Labute approximate surface area is 96.1 Å². The first-order chi connectivity index (χ1) is 7.71. The molecule has 0 spiro atoms. The summed E-state index contributed by atoms with van der Waals surface area (Å²) in [4.78, 5) is 10.6. The fraction of sp³-hybridized carbons (Fsp3) is 0.636. The molecule has 0 aromatic carbocycles. The smallest absolute Gasteiger partial charge is 0.228 e. The molecule has 0 aliphatic carbocycles. The number of nitrogens with zero attached hydrogens (tertiary/aromatic N) is 3. The van der Waals surface area contributed by atoms with E-state index < -0.39 is 0 Å². The molecule has 0 radical (unpaired) electrons. The number of hydrogen-bond donors (Lipinski definition) is 1. The van der Waals surface area contributed by atoms with Crippen molar-refractivity contribution in [3.63, 3.8) is 0 Å². The van der Waals surface area contributed by atoms with E-state index in [0.29, 0.717) is 18.4 Å². The van der Waals surface area contributed by atoms with Crippen molar-refractivity contribution in [1.29, 1.82) is 0 Å². The minimum absolute atomic E-state index is 0.0968. The van der Waals surface area contributed by atoms with Crippen LogP contribution in [0.4, 0.5) is 5.95 Å². The number of anilines is 1. The van der Waals surface area contributed by atoms with Crippen LogP contribution >= 0.6 is 0 Å². The lowest BCUT2D eigenvalue weighted by Crippen LogP contribution is -2.29. The number of aryl methyl sites for hydroxylation is 1. The zero-order chi connectivity index (χ0) is 12.0. The van der Waals surface area contributed by atoms with Crippen LogP contribution in [-0.4, -0.2) is 41.9 Å². The molecule has 0 saturated heterocycles. The summed E-state index contributed by atoms with van der Waals surface area (Å²) in [6.07, 6.45) is 0.986. The maximum atomic E-state index is 8.99. The lowest BCUT2D eigenvalue weighted by molar-refractivity contribution is 0.301. The first-order valence-corrected chi connectivity index (χ1v) is 5.46. The predicted molar refractivity (Wildman–Crippen MR) is 62.9 cm³/mol. The summed E-state index contributed by atoms with van der Waals surface area (Å²) in [7, 11) is 1.59. The standard InChI is InChI=1S/C11H19N3O2/c1-4-5-14(6-7-15)11-12-9(2)8-10(13-11)16-3/h8,15H,4-7H2,1-3H3. The largest absolute Gasteiger partial charge is 0.481 e. The first kappa shape index (κ1) is 12.7. The van der Waals surface area contributed by atoms with Crippen LogP contribution in [0.3, 0.4) is 0 Å². The fourth-order valence-corrected chi connectivity index (χ4v) is 1.47. The van der Waals surface area contributed by atoms with E-state index in [-0.39, 0.29) is 6.61 Å². The summed E-state index contributed by atoms with van der Waals surface area (Å²) >= 11 is 0. The highest BCUT2D eigenvalue weighted by Gasteiger charge is 2.10. The number of hydrogen-bond acceptors (Lipinski definition) is 5. The number of ether oxygens (including phenoxy) is 1. The van der Waals surface area contributed by atoms with Gasteiger partial charge in [-0.1, -0.05) is 6.92 Å². The molecule has 1 rings (SSSR count). The molecular formula is C11H19N3O2. The molecule has 0 fully saturated rings. The monoisotopic (exact) mass is 225 g/mol. The van der Waals surface area contributed by atoms with E-state index in [9.17, 15) is 0 Å². The highest BCUT2D eigenvalue weighted by Crippen LogP contribution is 2.15. The molecular weight excluding hydrogens is 206 g/mol. The molecule has 5 heteroatoms. The third-order valence-corrected chi connectivity index (χ3v) is 2.17. The number of aliphatic hydroxyl groups excluding tert-OH is 1. The quantitative estimate of drug-likeness (QED) is 0.782. The molecule has 16 heavy (non-hydrogen) atoms. The van der Waals surface area contributed by atoms with Gasteiger partial charge >= 0.3 is 0 Å². The molecule has 1 aromatic heterocycles. The molecule has 0 aliphatic rings. The third-order valence-electron chi connectivity index (χ3n) is 2.17. The summed E-state index contributed by atoms with van der Waals surface area (Å²) in [5.74, 6) is 1.18. The maximum Gasteiger partial charge on any atom is 0.228 e. The average Bonchev–Trinajstić information content (AvgIpc) is 2.28. The van der Waals surface area contributed by atoms with Crippen LogP contribution in [0.15, 0.2) is 6.07 Å². The third kappa shape index (κ3) is 3.34. The zero-order valence-electron chi connectivity index (χ0n) is 10.1. The lowest BCUT2D eigenvalue weighted by atomic mass is 10.4. The number of aromatic nitrogens is 2. The second-order valence-corrected chi connectivity index (χ2v) is 3.56. The minimum atomic E-state index is 0.0968. The molecule has 0 unspecified atom stereocenters. The van der Waals surface area contributed by atoms with E-state index in [1.54, 1.807) is 13.2 Å². The number of rotatable bonds is 6. The first-order valence-electron chi connectivity index (χ1n) is 5.46. The average molecular weight is 225 g/mol. The van der Waals surface area contributed by atoms with Crippen LogP contribution in [0, 0.1) is 6.92 Å². The fourth-order valence-electron chi connectivity index (χ4n) is 1.47. The van der Waals surface area contributed by atoms with Crippen LogP contribution in [-0.2, 0) is 0 Å². The number of methoxy groups -OCH3 is 1. The normalized spacial score (nSPS) is 10.2. The summed E-state index contributed by atoms with van der Waals surface area (Å²) in [5.41, 5.74) is 0.862.